The summed E-state index contributed by atoms with van der Waals surface area (Å²) in [6, 6.07) is 9.53. The summed E-state index contributed by atoms with van der Waals surface area (Å²) in [7, 11) is 0. The Balaban J connectivity index is 2.40. The zero-order valence-corrected chi connectivity index (χ0v) is 11.2. The van der Waals surface area contributed by atoms with Gasteiger partial charge >= 0.3 is 0 Å². The molecule has 1 atom stereocenters. The summed E-state index contributed by atoms with van der Waals surface area (Å²) in [6.45, 7) is 0. The average Bonchev–Trinajstić information content (AvgIpc) is 2.41. The van der Waals surface area contributed by atoms with Crippen LogP contribution in [0.3, 0.4) is 0 Å². The Kier molecular flexibility index (Phi) is 3.95. The van der Waals surface area contributed by atoms with Gasteiger partial charge in [0.05, 0.1) is 5.56 Å². The van der Waals surface area contributed by atoms with Crippen LogP contribution in [0.1, 0.15) is 20.7 Å². The van der Waals surface area contributed by atoms with Crippen molar-refractivity contribution < 1.29 is 18.7 Å². The lowest BCUT2D eigenvalue weighted by molar-refractivity contribution is 0.0987. The van der Waals surface area contributed by atoms with Crippen LogP contribution < -0.4 is 0 Å². The molecule has 2 aromatic carbocycles. The average molecular weight is 327 g/mol. The first-order valence-corrected chi connectivity index (χ1v) is 6.34. The van der Waals surface area contributed by atoms with Crippen molar-refractivity contribution in [3.05, 3.63) is 65.2 Å². The van der Waals surface area contributed by atoms with Crippen LogP contribution in [-0.2, 0) is 0 Å². The topological polar surface area (TPSA) is 37.3 Å². The fourth-order valence-corrected chi connectivity index (χ4v) is 2.28. The predicted octanol–water partition coefficient (Wildman–Crippen LogP) is 3.99. The second-order valence-corrected chi connectivity index (χ2v) is 4.80. The van der Waals surface area contributed by atoms with Crippen LogP contribution in [-0.4, -0.2) is 10.9 Å². The number of benzene rings is 2. The molecule has 0 fully saturated rings. The number of phenolic OH excluding ortho intramolecular Hbond substituents is 1. The van der Waals surface area contributed by atoms with Crippen molar-refractivity contribution >= 4 is 21.7 Å². The summed E-state index contributed by atoms with van der Waals surface area (Å²) in [5, 5.41) is 9.59. The highest BCUT2D eigenvalue weighted by Gasteiger charge is 2.25. The van der Waals surface area contributed by atoms with Crippen LogP contribution in [0.25, 0.3) is 0 Å². The maximum Gasteiger partial charge on any atom is 0.184 e. The van der Waals surface area contributed by atoms with Gasteiger partial charge in [0.25, 0.3) is 0 Å². The van der Waals surface area contributed by atoms with Gasteiger partial charge in [0.2, 0.25) is 0 Å². The number of carbonyl (C=O) groups is 1. The molecule has 0 heterocycles. The Labute approximate surface area is 116 Å². The van der Waals surface area contributed by atoms with Gasteiger partial charge in [-0.2, -0.15) is 0 Å². The molecule has 2 rings (SSSR count). The predicted molar refractivity (Wildman–Crippen MR) is 70.5 cm³/mol. The molecule has 0 aromatic heterocycles. The number of rotatable bonds is 3. The number of phenols is 1. The summed E-state index contributed by atoms with van der Waals surface area (Å²) in [5.74, 6) is -2.84. The molecule has 2 nitrogen and oxygen atoms in total. The van der Waals surface area contributed by atoms with Gasteiger partial charge in [0, 0.05) is 5.56 Å². The number of hydrogen-bond acceptors (Lipinski definition) is 2. The number of hydrogen-bond donors (Lipinski definition) is 1. The highest BCUT2D eigenvalue weighted by Crippen LogP contribution is 2.32. The van der Waals surface area contributed by atoms with Gasteiger partial charge in [-0.05, 0) is 18.2 Å². The molecule has 98 valence electrons. The van der Waals surface area contributed by atoms with Crippen LogP contribution in [0.5, 0.6) is 5.75 Å². The largest absolute Gasteiger partial charge is 0.507 e. The molecule has 0 spiro atoms. The van der Waals surface area contributed by atoms with E-state index in [0.717, 1.165) is 6.07 Å². The van der Waals surface area contributed by atoms with Crippen molar-refractivity contribution in [2.75, 3.05) is 0 Å². The number of Topliss-reactive ketones (excluding diaryl/α,β-unsaturated/α-hetero) is 1. The first-order chi connectivity index (χ1) is 9.02. The lowest BCUT2D eigenvalue weighted by Crippen LogP contribution is -2.09. The molecule has 0 amide bonds. The Morgan fingerprint density at radius 3 is 2.47 bits per heavy atom. The Hall–Kier alpha value is -1.75. The molecular weight excluding hydrogens is 318 g/mol. The molecular formula is C14H9BrF2O2. The zero-order valence-electron chi connectivity index (χ0n) is 9.61. The van der Waals surface area contributed by atoms with Gasteiger partial charge in [0.15, 0.2) is 17.4 Å². The fourth-order valence-electron chi connectivity index (χ4n) is 1.68. The normalized spacial score (nSPS) is 12.2. The minimum Gasteiger partial charge on any atom is -0.507 e. The van der Waals surface area contributed by atoms with E-state index in [1.807, 2.05) is 0 Å². The third-order valence-corrected chi connectivity index (χ3v) is 3.56. The molecule has 1 N–H and O–H groups in total. The number of ketones is 1. The van der Waals surface area contributed by atoms with Crippen molar-refractivity contribution in [1.82, 2.24) is 0 Å². The SMILES string of the molecule is O=C(c1ccccc1O)C(Br)c1cccc(F)c1F. The lowest BCUT2D eigenvalue weighted by Gasteiger charge is -2.11. The highest BCUT2D eigenvalue weighted by atomic mass is 79.9. The standard InChI is InChI=1S/C14H9BrF2O2/c15-12(9-5-3-6-10(16)13(9)17)14(19)8-4-1-2-7-11(8)18/h1-7,12,18H. The molecule has 0 saturated carbocycles. The van der Waals surface area contributed by atoms with Gasteiger partial charge in [-0.3, -0.25) is 4.79 Å². The second-order valence-electron chi connectivity index (χ2n) is 3.89. The van der Waals surface area contributed by atoms with Crippen molar-refractivity contribution in [2.45, 2.75) is 4.83 Å². The summed E-state index contributed by atoms with van der Waals surface area (Å²) in [4.78, 5) is 11.1. The number of carbonyl (C=O) groups excluding carboxylic acids is 1. The maximum atomic E-state index is 13.6. The third kappa shape index (κ3) is 2.66. The lowest BCUT2D eigenvalue weighted by atomic mass is 10.0. The quantitative estimate of drug-likeness (QED) is 0.684. The molecule has 1 unspecified atom stereocenters. The number of alkyl halides is 1. The molecule has 2 aromatic rings. The molecule has 0 aliphatic rings. The number of halogens is 3. The summed E-state index contributed by atoms with van der Waals surface area (Å²) in [6.07, 6.45) is 0. The van der Waals surface area contributed by atoms with Crippen LogP contribution in [0.15, 0.2) is 42.5 Å². The zero-order chi connectivity index (χ0) is 14.0. The molecule has 5 heteroatoms. The van der Waals surface area contributed by atoms with Gasteiger partial charge in [-0.15, -0.1) is 0 Å². The van der Waals surface area contributed by atoms with Gasteiger partial charge < -0.3 is 5.11 Å². The van der Waals surface area contributed by atoms with Gasteiger partial charge in [0.1, 0.15) is 10.6 Å². The number of para-hydroxylation sites is 1. The smallest absolute Gasteiger partial charge is 0.184 e. The van der Waals surface area contributed by atoms with Crippen LogP contribution in [0, 0.1) is 11.6 Å². The molecule has 0 saturated heterocycles. The van der Waals surface area contributed by atoms with E-state index in [4.69, 9.17) is 0 Å². The van der Waals surface area contributed by atoms with Crippen molar-refractivity contribution in [2.24, 2.45) is 0 Å². The number of aromatic hydroxyl groups is 1. The Morgan fingerprint density at radius 1 is 1.11 bits per heavy atom. The Morgan fingerprint density at radius 2 is 1.79 bits per heavy atom. The van der Waals surface area contributed by atoms with Crippen molar-refractivity contribution in [1.29, 1.82) is 0 Å². The van der Waals surface area contributed by atoms with E-state index in [2.05, 4.69) is 15.9 Å². The van der Waals surface area contributed by atoms with E-state index in [0.29, 0.717) is 0 Å². The molecule has 19 heavy (non-hydrogen) atoms. The van der Waals surface area contributed by atoms with E-state index in [1.165, 1.54) is 24.3 Å². The van der Waals surface area contributed by atoms with E-state index < -0.39 is 22.2 Å². The molecule has 0 bridgehead atoms. The summed E-state index contributed by atoms with van der Waals surface area (Å²) >= 11 is 3.04. The van der Waals surface area contributed by atoms with Crippen LogP contribution in [0.4, 0.5) is 8.78 Å². The van der Waals surface area contributed by atoms with E-state index in [-0.39, 0.29) is 16.9 Å². The fraction of sp³-hybridized carbons (Fsp3) is 0.0714. The van der Waals surface area contributed by atoms with Gasteiger partial charge in [-0.25, -0.2) is 8.78 Å². The summed E-state index contributed by atoms with van der Waals surface area (Å²) < 4.78 is 26.7. The third-order valence-electron chi connectivity index (χ3n) is 2.65. The monoisotopic (exact) mass is 326 g/mol. The molecule has 0 aliphatic heterocycles. The first-order valence-electron chi connectivity index (χ1n) is 5.42. The molecule has 0 aliphatic carbocycles. The van der Waals surface area contributed by atoms with Crippen LogP contribution >= 0.6 is 15.9 Å². The first kappa shape index (κ1) is 13.7. The summed E-state index contributed by atoms with van der Waals surface area (Å²) in [5.41, 5.74) is -0.0544. The van der Waals surface area contributed by atoms with Crippen molar-refractivity contribution in [3.63, 3.8) is 0 Å². The minimum atomic E-state index is -1.08. The molecule has 0 radical (unpaired) electrons. The van der Waals surface area contributed by atoms with Crippen molar-refractivity contribution in [3.8, 4) is 5.75 Å². The van der Waals surface area contributed by atoms with E-state index >= 15 is 0 Å². The van der Waals surface area contributed by atoms with Gasteiger partial charge in [-0.1, -0.05) is 40.2 Å². The van der Waals surface area contributed by atoms with Crippen LogP contribution in [0.2, 0.25) is 0 Å². The highest BCUT2D eigenvalue weighted by molar-refractivity contribution is 9.09. The maximum absolute atomic E-state index is 13.6. The second kappa shape index (κ2) is 5.48. The van der Waals surface area contributed by atoms with E-state index in [1.54, 1.807) is 12.1 Å². The van der Waals surface area contributed by atoms with E-state index in [9.17, 15) is 18.7 Å². The Bertz CT molecular complexity index is 629. The minimum absolute atomic E-state index is 0.0491.